The molecule has 176 valence electrons. The third-order valence-electron chi connectivity index (χ3n) is 4.72. The van der Waals surface area contributed by atoms with Crippen molar-refractivity contribution in [2.24, 2.45) is 0 Å². The van der Waals surface area contributed by atoms with Crippen molar-refractivity contribution < 1.29 is 9.00 Å². The van der Waals surface area contributed by atoms with Gasteiger partial charge in [0.1, 0.15) is 10.5 Å². The largest absolute Gasteiger partial charge is 0.385 e. The van der Waals surface area contributed by atoms with Gasteiger partial charge in [-0.1, -0.05) is 30.1 Å². The lowest BCUT2D eigenvalue weighted by Gasteiger charge is -2.12. The van der Waals surface area contributed by atoms with Crippen LogP contribution in [0.1, 0.15) is 13.3 Å². The van der Waals surface area contributed by atoms with Crippen molar-refractivity contribution in [3.63, 3.8) is 0 Å². The van der Waals surface area contributed by atoms with Crippen molar-refractivity contribution in [2.75, 3.05) is 17.2 Å². The van der Waals surface area contributed by atoms with Gasteiger partial charge in [0.15, 0.2) is 11.0 Å². The third-order valence-corrected chi connectivity index (χ3v) is 7.63. The maximum Gasteiger partial charge on any atom is 0.331 e. The number of rotatable bonds is 7. The molecule has 0 aliphatic heterocycles. The normalized spacial score (nSPS) is 11.9. The minimum atomic E-state index is -1.75. The van der Waals surface area contributed by atoms with Crippen LogP contribution in [-0.2, 0) is 11.0 Å². The maximum absolute atomic E-state index is 13.0. The Morgan fingerprint density at radius 2 is 1.91 bits per heavy atom. The van der Waals surface area contributed by atoms with Crippen molar-refractivity contribution >= 4 is 73.8 Å². The Hall–Kier alpha value is -2.92. The molecule has 2 amide bonds. The highest BCUT2D eigenvalue weighted by Gasteiger charge is 2.14. The van der Waals surface area contributed by atoms with Crippen LogP contribution >= 0.6 is 34.5 Å². The lowest BCUT2D eigenvalue weighted by Crippen LogP contribution is -2.30. The number of nitrogens with zero attached hydrogens (tertiary/aromatic N) is 2. The number of halogens is 2. The molecule has 0 aliphatic rings. The summed E-state index contributed by atoms with van der Waals surface area (Å²) in [5.74, 6) is 0. The van der Waals surface area contributed by atoms with Gasteiger partial charge in [0.25, 0.3) is 5.56 Å². The molecule has 0 fully saturated rings. The molecule has 0 spiro atoms. The first-order valence-corrected chi connectivity index (χ1v) is 12.9. The monoisotopic (exact) mass is 535 g/mol. The Kier molecular flexibility index (Phi) is 7.52. The first-order chi connectivity index (χ1) is 16.4. The van der Waals surface area contributed by atoms with Gasteiger partial charge in [-0.3, -0.25) is 14.1 Å². The van der Waals surface area contributed by atoms with Crippen molar-refractivity contribution in [3.05, 3.63) is 74.6 Å². The van der Waals surface area contributed by atoms with Crippen LogP contribution in [0.25, 0.3) is 16.6 Å². The molecular formula is C22H19Cl2N5O3S2. The average molecular weight is 536 g/mol. The molecule has 1 atom stereocenters. The van der Waals surface area contributed by atoms with Crippen LogP contribution in [0.3, 0.4) is 0 Å². The average Bonchev–Trinajstić information content (AvgIpc) is 3.25. The fourth-order valence-electron chi connectivity index (χ4n) is 3.14. The highest BCUT2D eigenvalue weighted by Crippen LogP contribution is 2.25. The molecule has 3 N–H and O–H groups in total. The van der Waals surface area contributed by atoms with Gasteiger partial charge in [-0.15, -0.1) is 11.3 Å². The van der Waals surface area contributed by atoms with Gasteiger partial charge in [0.2, 0.25) is 0 Å². The van der Waals surface area contributed by atoms with E-state index in [0.29, 0.717) is 30.8 Å². The van der Waals surface area contributed by atoms with Gasteiger partial charge in [-0.25, -0.2) is 14.0 Å². The third kappa shape index (κ3) is 5.41. The SMILES string of the molecule is CCCNc1ccc2c(=O)n(-c3ccc(NC(=O)NS(=O)c4ccc(Cl)s4)cc3Cl)cnc2c1. The fourth-order valence-corrected chi connectivity index (χ4v) is 5.54. The van der Waals surface area contributed by atoms with Crippen LogP contribution in [-0.4, -0.2) is 26.3 Å². The van der Waals surface area contributed by atoms with Crippen LogP contribution in [0, 0.1) is 0 Å². The van der Waals surface area contributed by atoms with E-state index in [4.69, 9.17) is 23.2 Å². The molecule has 0 saturated heterocycles. The molecule has 2 aromatic carbocycles. The summed E-state index contributed by atoms with van der Waals surface area (Å²) in [5, 5.41) is 6.53. The maximum atomic E-state index is 13.0. The van der Waals surface area contributed by atoms with Crippen LogP contribution < -0.4 is 20.9 Å². The Morgan fingerprint density at radius 1 is 1.12 bits per heavy atom. The molecule has 0 radical (unpaired) electrons. The van der Waals surface area contributed by atoms with Gasteiger partial charge in [-0.2, -0.15) is 0 Å². The number of fused-ring (bicyclic) bond motifs is 1. The fraction of sp³-hybridized carbons (Fsp3) is 0.136. The number of nitrogens with one attached hydrogen (secondary N) is 3. The predicted octanol–water partition coefficient (Wildman–Crippen LogP) is 5.42. The standard InChI is InChI=1S/C22H19Cl2N5O3S2/c1-2-9-25-13-3-5-15-17(11-13)26-12-29(21(15)30)18-6-4-14(10-16(18)23)27-22(31)28-34(32)20-8-7-19(24)33-20/h3-8,10-12,25H,2,9H2,1H3,(H2,27,28,31). The second-order valence-electron chi connectivity index (χ2n) is 7.13. The van der Waals surface area contributed by atoms with E-state index in [0.717, 1.165) is 30.0 Å². The first-order valence-electron chi connectivity index (χ1n) is 10.2. The highest BCUT2D eigenvalue weighted by molar-refractivity contribution is 7.86. The van der Waals surface area contributed by atoms with Gasteiger partial charge in [0, 0.05) is 17.9 Å². The molecule has 2 heterocycles. The van der Waals surface area contributed by atoms with E-state index in [-0.39, 0.29) is 10.6 Å². The van der Waals surface area contributed by atoms with E-state index in [1.54, 1.807) is 30.3 Å². The topological polar surface area (TPSA) is 105 Å². The molecule has 12 heteroatoms. The van der Waals surface area contributed by atoms with E-state index in [1.807, 2.05) is 12.1 Å². The second kappa shape index (κ2) is 10.6. The summed E-state index contributed by atoms with van der Waals surface area (Å²) >= 11 is 13.4. The highest BCUT2D eigenvalue weighted by atomic mass is 35.5. The van der Waals surface area contributed by atoms with Gasteiger partial charge in [-0.05, 0) is 55.0 Å². The van der Waals surface area contributed by atoms with E-state index < -0.39 is 17.0 Å². The molecule has 2 aromatic heterocycles. The van der Waals surface area contributed by atoms with Crippen molar-refractivity contribution in [1.82, 2.24) is 14.3 Å². The molecule has 0 saturated carbocycles. The summed E-state index contributed by atoms with van der Waals surface area (Å²) in [6.45, 7) is 2.90. The summed E-state index contributed by atoms with van der Waals surface area (Å²) in [4.78, 5) is 29.7. The molecule has 0 aliphatic carbocycles. The minimum absolute atomic E-state index is 0.230. The molecular weight excluding hydrogens is 517 g/mol. The number of carbonyl (C=O) groups is 1. The Bertz CT molecular complexity index is 1450. The van der Waals surface area contributed by atoms with E-state index in [1.165, 1.54) is 17.0 Å². The number of carbonyl (C=O) groups excluding carboxylic acids is 1. The second-order valence-corrected chi connectivity index (χ2v) is 10.7. The first kappa shape index (κ1) is 24.2. The summed E-state index contributed by atoms with van der Waals surface area (Å²) in [5.41, 5.74) is 1.98. The molecule has 8 nitrogen and oxygen atoms in total. The number of hydrogen-bond acceptors (Lipinski definition) is 6. The van der Waals surface area contributed by atoms with Crippen molar-refractivity contribution in [2.45, 2.75) is 17.6 Å². The lowest BCUT2D eigenvalue weighted by molar-refractivity contribution is 0.257. The van der Waals surface area contributed by atoms with E-state index in [9.17, 15) is 13.8 Å². The summed E-state index contributed by atoms with van der Waals surface area (Å²) in [6, 6.07) is 12.6. The van der Waals surface area contributed by atoms with Crippen LogP contribution in [0.4, 0.5) is 16.2 Å². The van der Waals surface area contributed by atoms with Crippen LogP contribution in [0.2, 0.25) is 9.36 Å². The number of urea groups is 1. The number of amides is 2. The molecule has 0 bridgehead atoms. The zero-order valence-electron chi connectivity index (χ0n) is 17.8. The van der Waals surface area contributed by atoms with Gasteiger partial charge >= 0.3 is 6.03 Å². The van der Waals surface area contributed by atoms with E-state index >= 15 is 0 Å². The van der Waals surface area contributed by atoms with Crippen molar-refractivity contribution in [1.29, 1.82) is 0 Å². The zero-order valence-corrected chi connectivity index (χ0v) is 20.9. The van der Waals surface area contributed by atoms with Gasteiger partial charge in [0.05, 0.1) is 25.9 Å². The number of aromatic nitrogens is 2. The minimum Gasteiger partial charge on any atom is -0.385 e. The molecule has 34 heavy (non-hydrogen) atoms. The quantitative estimate of drug-likeness (QED) is 0.293. The summed E-state index contributed by atoms with van der Waals surface area (Å²) < 4.78 is 16.8. The Labute approximate surface area is 211 Å². The number of thiophene rings is 1. The van der Waals surface area contributed by atoms with Gasteiger partial charge < -0.3 is 10.6 Å². The zero-order chi connectivity index (χ0) is 24.2. The summed E-state index contributed by atoms with van der Waals surface area (Å²) in [7, 11) is -1.75. The molecule has 4 aromatic rings. The molecule has 1 unspecified atom stereocenters. The molecule has 4 rings (SSSR count). The van der Waals surface area contributed by atoms with Crippen LogP contribution in [0.15, 0.2) is 63.9 Å². The van der Waals surface area contributed by atoms with Crippen LogP contribution in [0.5, 0.6) is 0 Å². The van der Waals surface area contributed by atoms with Crippen molar-refractivity contribution in [3.8, 4) is 5.69 Å². The number of benzene rings is 2. The number of anilines is 2. The smallest absolute Gasteiger partial charge is 0.331 e. The predicted molar refractivity (Wildman–Crippen MR) is 139 cm³/mol. The van der Waals surface area contributed by atoms with E-state index in [2.05, 4.69) is 27.3 Å². The Balaban J connectivity index is 1.52. The summed E-state index contributed by atoms with van der Waals surface area (Å²) in [6.07, 6.45) is 2.41. The number of hydrogen-bond donors (Lipinski definition) is 3. The Morgan fingerprint density at radius 3 is 2.62 bits per heavy atom. The lowest BCUT2D eigenvalue weighted by atomic mass is 10.2.